The molecule has 6 heteroatoms. The third-order valence-corrected chi connectivity index (χ3v) is 2.20. The van der Waals surface area contributed by atoms with E-state index in [4.69, 9.17) is 14.6 Å². The summed E-state index contributed by atoms with van der Waals surface area (Å²) < 4.78 is 4.93. The van der Waals surface area contributed by atoms with Crippen molar-refractivity contribution in [1.29, 1.82) is 0 Å². The summed E-state index contributed by atoms with van der Waals surface area (Å²) in [6.45, 7) is 0. The van der Waals surface area contributed by atoms with E-state index in [1.165, 1.54) is 18.2 Å². The minimum Gasteiger partial charge on any atom is -0.478 e. The molecule has 1 aromatic heterocycles. The van der Waals surface area contributed by atoms with Gasteiger partial charge >= 0.3 is 11.9 Å². The Bertz CT molecular complexity index is 682. The lowest BCUT2D eigenvalue weighted by atomic mass is 10.1. The number of carboxylic acids is 2. The van der Waals surface area contributed by atoms with Crippen LogP contribution >= 0.6 is 0 Å². The molecule has 1 aromatic carbocycles. The van der Waals surface area contributed by atoms with Crippen LogP contribution in [0.3, 0.4) is 0 Å². The highest BCUT2D eigenvalue weighted by molar-refractivity contribution is 6.02. The van der Waals surface area contributed by atoms with Crippen LogP contribution in [0.2, 0.25) is 0 Å². The van der Waals surface area contributed by atoms with Gasteiger partial charge in [0, 0.05) is 6.07 Å². The maximum absolute atomic E-state index is 11.6. The smallest absolute Gasteiger partial charge is 0.371 e. The molecule has 17 heavy (non-hydrogen) atoms. The van der Waals surface area contributed by atoms with E-state index < -0.39 is 23.1 Å². The Morgan fingerprint density at radius 2 is 1.82 bits per heavy atom. The first-order chi connectivity index (χ1) is 8.00. The molecule has 0 aliphatic carbocycles. The molecule has 6 nitrogen and oxygen atoms in total. The Hall–Kier alpha value is -2.63. The fourth-order valence-corrected chi connectivity index (χ4v) is 1.49. The molecule has 0 amide bonds. The summed E-state index contributed by atoms with van der Waals surface area (Å²) in [5.74, 6) is -3.18. The lowest BCUT2D eigenvalue weighted by molar-refractivity contribution is 0.0661. The van der Waals surface area contributed by atoms with Gasteiger partial charge in [-0.3, -0.25) is 4.79 Å². The van der Waals surface area contributed by atoms with Gasteiger partial charge in [-0.15, -0.1) is 0 Å². The number of hydrogen-bond acceptors (Lipinski definition) is 4. The lowest BCUT2D eigenvalue weighted by Gasteiger charge is -2.01. The maximum Gasteiger partial charge on any atom is 0.371 e. The largest absolute Gasteiger partial charge is 0.478 e. The molecule has 0 bridgehead atoms. The zero-order valence-electron chi connectivity index (χ0n) is 8.34. The van der Waals surface area contributed by atoms with Crippen molar-refractivity contribution >= 4 is 22.9 Å². The molecule has 2 rings (SSSR count). The second-order valence-electron chi connectivity index (χ2n) is 3.26. The average Bonchev–Trinajstić information content (AvgIpc) is 2.27. The second-order valence-corrected chi connectivity index (χ2v) is 3.26. The predicted octanol–water partition coefficient (Wildman–Crippen LogP) is 1.19. The number of benzene rings is 1. The van der Waals surface area contributed by atoms with Gasteiger partial charge in [0.1, 0.15) is 5.58 Å². The topological polar surface area (TPSA) is 105 Å². The third-order valence-electron chi connectivity index (χ3n) is 2.20. The van der Waals surface area contributed by atoms with Crippen molar-refractivity contribution in [3.8, 4) is 0 Å². The SMILES string of the molecule is O=C(O)c1cc(=O)c2c(C(=O)O)cccc2o1. The Labute approximate surface area is 93.7 Å². The van der Waals surface area contributed by atoms with E-state index in [2.05, 4.69) is 0 Å². The van der Waals surface area contributed by atoms with Gasteiger partial charge in [-0.25, -0.2) is 9.59 Å². The normalized spacial score (nSPS) is 10.4. The summed E-state index contributed by atoms with van der Waals surface area (Å²) in [5.41, 5.74) is -0.968. The Balaban J connectivity index is 2.90. The monoisotopic (exact) mass is 234 g/mol. The van der Waals surface area contributed by atoms with Gasteiger partial charge in [0.2, 0.25) is 5.76 Å². The lowest BCUT2D eigenvalue weighted by Crippen LogP contribution is -2.10. The summed E-state index contributed by atoms with van der Waals surface area (Å²) in [5, 5.41) is 17.5. The molecule has 0 spiro atoms. The van der Waals surface area contributed by atoms with Crippen molar-refractivity contribution in [3.63, 3.8) is 0 Å². The average molecular weight is 234 g/mol. The van der Waals surface area contributed by atoms with E-state index in [0.29, 0.717) is 0 Å². The number of fused-ring (bicyclic) bond motifs is 1. The zero-order chi connectivity index (χ0) is 12.6. The quantitative estimate of drug-likeness (QED) is 0.808. The van der Waals surface area contributed by atoms with Gasteiger partial charge in [-0.1, -0.05) is 6.07 Å². The van der Waals surface area contributed by atoms with Gasteiger partial charge < -0.3 is 14.6 Å². The summed E-state index contributed by atoms with van der Waals surface area (Å²) in [7, 11) is 0. The van der Waals surface area contributed by atoms with E-state index in [-0.39, 0.29) is 16.5 Å². The Kier molecular flexibility index (Phi) is 2.40. The molecule has 86 valence electrons. The number of hydrogen-bond donors (Lipinski definition) is 2. The number of carboxylic acid groups (broad SMARTS) is 2. The molecule has 0 fully saturated rings. The maximum atomic E-state index is 11.6. The molecule has 0 unspecified atom stereocenters. The van der Waals surface area contributed by atoms with Crippen LogP contribution in [0.1, 0.15) is 20.9 Å². The van der Waals surface area contributed by atoms with Crippen LogP contribution in [0, 0.1) is 0 Å². The van der Waals surface area contributed by atoms with Crippen LogP contribution in [0.15, 0.2) is 33.5 Å². The highest BCUT2D eigenvalue weighted by atomic mass is 16.4. The molecule has 0 radical (unpaired) electrons. The molecule has 2 N–H and O–H groups in total. The summed E-state index contributed by atoms with van der Waals surface area (Å²) in [4.78, 5) is 33.2. The molecular weight excluding hydrogens is 228 g/mol. The van der Waals surface area contributed by atoms with E-state index in [9.17, 15) is 14.4 Å². The minimum atomic E-state index is -1.38. The van der Waals surface area contributed by atoms with Crippen molar-refractivity contribution in [2.75, 3.05) is 0 Å². The van der Waals surface area contributed by atoms with Gasteiger partial charge in [0.25, 0.3) is 0 Å². The van der Waals surface area contributed by atoms with Crippen molar-refractivity contribution in [3.05, 3.63) is 45.8 Å². The number of carbonyl (C=O) groups is 2. The first kappa shape index (κ1) is 10.9. The van der Waals surface area contributed by atoms with Crippen LogP contribution < -0.4 is 5.43 Å². The molecule has 0 atom stereocenters. The highest BCUT2D eigenvalue weighted by Crippen LogP contribution is 2.16. The second kappa shape index (κ2) is 3.75. The fourth-order valence-electron chi connectivity index (χ4n) is 1.49. The van der Waals surface area contributed by atoms with Crippen LogP contribution in [-0.2, 0) is 0 Å². The van der Waals surface area contributed by atoms with Crippen LogP contribution in [0.5, 0.6) is 0 Å². The molecule has 0 saturated carbocycles. The van der Waals surface area contributed by atoms with Crippen molar-refractivity contribution < 1.29 is 24.2 Å². The number of rotatable bonds is 2. The minimum absolute atomic E-state index is 0.0604. The van der Waals surface area contributed by atoms with E-state index in [1.807, 2.05) is 0 Å². The summed E-state index contributed by atoms with van der Waals surface area (Å²) >= 11 is 0. The molecule has 0 aliphatic heterocycles. The number of aromatic carboxylic acids is 2. The van der Waals surface area contributed by atoms with Crippen molar-refractivity contribution in [2.45, 2.75) is 0 Å². The van der Waals surface area contributed by atoms with Crippen molar-refractivity contribution in [1.82, 2.24) is 0 Å². The standard InChI is InChI=1S/C11H6O6/c12-6-4-8(11(15)16)17-7-3-1-2-5(9(6)7)10(13)14/h1-4H,(H,13,14)(H,15,16). The first-order valence-corrected chi connectivity index (χ1v) is 4.54. The Morgan fingerprint density at radius 3 is 2.41 bits per heavy atom. The van der Waals surface area contributed by atoms with Crippen LogP contribution in [0.25, 0.3) is 11.0 Å². The first-order valence-electron chi connectivity index (χ1n) is 4.54. The fraction of sp³-hybridized carbons (Fsp3) is 0. The van der Waals surface area contributed by atoms with Gasteiger partial charge in [0.05, 0.1) is 10.9 Å². The van der Waals surface area contributed by atoms with E-state index >= 15 is 0 Å². The van der Waals surface area contributed by atoms with Crippen LogP contribution in [-0.4, -0.2) is 22.2 Å². The van der Waals surface area contributed by atoms with Crippen LogP contribution in [0.4, 0.5) is 0 Å². The summed E-state index contributed by atoms with van der Waals surface area (Å²) in [6, 6.07) is 4.73. The molecular formula is C11H6O6. The Morgan fingerprint density at radius 1 is 1.12 bits per heavy atom. The third kappa shape index (κ3) is 1.76. The predicted molar refractivity (Wildman–Crippen MR) is 56.4 cm³/mol. The molecule has 1 heterocycles. The van der Waals surface area contributed by atoms with Gasteiger partial charge in [-0.2, -0.15) is 0 Å². The van der Waals surface area contributed by atoms with Gasteiger partial charge in [0.15, 0.2) is 5.43 Å². The molecule has 0 aliphatic rings. The molecule has 2 aromatic rings. The summed E-state index contributed by atoms with van der Waals surface area (Å²) in [6.07, 6.45) is 0. The van der Waals surface area contributed by atoms with E-state index in [1.54, 1.807) is 0 Å². The van der Waals surface area contributed by atoms with Crippen molar-refractivity contribution in [2.24, 2.45) is 0 Å². The molecule has 0 saturated heterocycles. The van der Waals surface area contributed by atoms with Gasteiger partial charge in [-0.05, 0) is 12.1 Å². The highest BCUT2D eigenvalue weighted by Gasteiger charge is 2.16. The van der Waals surface area contributed by atoms with E-state index in [0.717, 1.165) is 6.07 Å². The zero-order valence-corrected chi connectivity index (χ0v) is 8.34.